The molecule has 0 spiro atoms. The number of hydrogen-bond donors (Lipinski definition) is 3. The van der Waals surface area contributed by atoms with E-state index in [1.54, 1.807) is 24.3 Å². The predicted octanol–water partition coefficient (Wildman–Crippen LogP) is 2.19. The molecule has 0 aliphatic carbocycles. The Kier molecular flexibility index (Phi) is 7.56. The van der Waals surface area contributed by atoms with Crippen LogP contribution in [0, 0.1) is 13.8 Å². The lowest BCUT2D eigenvalue weighted by molar-refractivity contribution is -0.123. The molecule has 0 atom stereocenters. The molecule has 0 saturated heterocycles. The second-order valence-corrected chi connectivity index (χ2v) is 6.35. The standard InChI is InChI=1S/C21H25N3O4/c1-14-6-4-9-19(15(14)2)28-13-20(26)22-10-11-23-21(27)17-7-5-8-18(12-17)24-16(3)25/h4-9,12H,10-11,13H2,1-3H3,(H,22,26)(H,23,27)(H,24,25). The van der Waals surface area contributed by atoms with Crippen molar-refractivity contribution in [3.05, 3.63) is 59.2 Å². The van der Waals surface area contributed by atoms with Gasteiger partial charge in [-0.15, -0.1) is 0 Å². The molecule has 2 rings (SSSR count). The molecule has 0 unspecified atom stereocenters. The van der Waals surface area contributed by atoms with Gasteiger partial charge in [-0.2, -0.15) is 0 Å². The lowest BCUT2D eigenvalue weighted by Crippen LogP contribution is -2.36. The number of rotatable bonds is 8. The summed E-state index contributed by atoms with van der Waals surface area (Å²) in [4.78, 5) is 35.1. The van der Waals surface area contributed by atoms with Gasteiger partial charge in [0.25, 0.3) is 11.8 Å². The average molecular weight is 383 g/mol. The number of nitrogens with one attached hydrogen (secondary N) is 3. The van der Waals surface area contributed by atoms with Crippen molar-refractivity contribution in [2.24, 2.45) is 0 Å². The van der Waals surface area contributed by atoms with Gasteiger partial charge in [0.15, 0.2) is 6.61 Å². The van der Waals surface area contributed by atoms with Crippen molar-refractivity contribution in [3.8, 4) is 5.75 Å². The highest BCUT2D eigenvalue weighted by atomic mass is 16.5. The number of ether oxygens (including phenoxy) is 1. The SMILES string of the molecule is CC(=O)Nc1cccc(C(=O)NCCNC(=O)COc2cccc(C)c2C)c1. The van der Waals surface area contributed by atoms with E-state index in [2.05, 4.69) is 16.0 Å². The summed E-state index contributed by atoms with van der Waals surface area (Å²) in [6, 6.07) is 12.3. The molecule has 0 aliphatic heterocycles. The maximum atomic E-state index is 12.1. The maximum absolute atomic E-state index is 12.1. The third-order valence-corrected chi connectivity index (χ3v) is 4.09. The van der Waals surface area contributed by atoms with Gasteiger partial charge in [0.05, 0.1) is 0 Å². The summed E-state index contributed by atoms with van der Waals surface area (Å²) in [6.45, 7) is 5.80. The first-order valence-electron chi connectivity index (χ1n) is 8.98. The Morgan fingerprint density at radius 3 is 2.43 bits per heavy atom. The third-order valence-electron chi connectivity index (χ3n) is 4.09. The molecule has 0 bridgehead atoms. The number of aryl methyl sites for hydroxylation is 1. The first kappa shape index (κ1) is 21.0. The molecule has 3 N–H and O–H groups in total. The van der Waals surface area contributed by atoms with Crippen LogP contribution in [0.5, 0.6) is 5.75 Å². The summed E-state index contributed by atoms with van der Waals surface area (Å²) in [5, 5.41) is 8.04. The molecular weight excluding hydrogens is 358 g/mol. The zero-order chi connectivity index (χ0) is 20.5. The van der Waals surface area contributed by atoms with Crippen LogP contribution in [0.25, 0.3) is 0 Å². The van der Waals surface area contributed by atoms with Crippen molar-refractivity contribution in [2.45, 2.75) is 20.8 Å². The largest absolute Gasteiger partial charge is 0.483 e. The molecule has 0 saturated carbocycles. The molecule has 2 aromatic rings. The number of anilines is 1. The van der Waals surface area contributed by atoms with E-state index in [9.17, 15) is 14.4 Å². The molecule has 28 heavy (non-hydrogen) atoms. The Bertz CT molecular complexity index is 864. The minimum atomic E-state index is -0.284. The Labute approximate surface area is 164 Å². The molecule has 2 aromatic carbocycles. The van der Waals surface area contributed by atoms with Crippen LogP contribution in [0.2, 0.25) is 0 Å². The van der Waals surface area contributed by atoms with Gasteiger partial charge < -0.3 is 20.7 Å². The summed E-state index contributed by atoms with van der Waals surface area (Å²) in [5.41, 5.74) is 3.08. The van der Waals surface area contributed by atoms with E-state index in [4.69, 9.17) is 4.74 Å². The molecule has 0 aromatic heterocycles. The second kappa shape index (κ2) is 10.1. The number of hydrogen-bond acceptors (Lipinski definition) is 4. The summed E-state index contributed by atoms with van der Waals surface area (Å²) in [5.74, 6) is -0.0678. The van der Waals surface area contributed by atoms with Crippen molar-refractivity contribution >= 4 is 23.4 Å². The fourth-order valence-electron chi connectivity index (χ4n) is 2.50. The molecule has 7 nitrogen and oxygen atoms in total. The Morgan fingerprint density at radius 1 is 0.964 bits per heavy atom. The predicted molar refractivity (Wildman–Crippen MR) is 107 cm³/mol. The van der Waals surface area contributed by atoms with Gasteiger partial charge in [0.2, 0.25) is 5.91 Å². The normalized spacial score (nSPS) is 10.1. The number of carbonyl (C=O) groups is 3. The molecular formula is C21H25N3O4. The summed E-state index contributed by atoms with van der Waals surface area (Å²) in [7, 11) is 0. The monoisotopic (exact) mass is 383 g/mol. The lowest BCUT2D eigenvalue weighted by atomic mass is 10.1. The van der Waals surface area contributed by atoms with Crippen molar-refractivity contribution in [1.29, 1.82) is 0 Å². The van der Waals surface area contributed by atoms with Crippen LogP contribution in [0.1, 0.15) is 28.4 Å². The topological polar surface area (TPSA) is 96.5 Å². The first-order valence-corrected chi connectivity index (χ1v) is 8.98. The Morgan fingerprint density at radius 2 is 1.68 bits per heavy atom. The van der Waals surface area contributed by atoms with E-state index in [1.807, 2.05) is 32.0 Å². The minimum absolute atomic E-state index is 0.0863. The highest BCUT2D eigenvalue weighted by Gasteiger charge is 2.08. The van der Waals surface area contributed by atoms with Crippen LogP contribution < -0.4 is 20.7 Å². The average Bonchev–Trinajstić information content (AvgIpc) is 2.66. The van der Waals surface area contributed by atoms with Gasteiger partial charge in [-0.3, -0.25) is 14.4 Å². The summed E-state index contributed by atoms with van der Waals surface area (Å²) >= 11 is 0. The molecule has 148 valence electrons. The van der Waals surface area contributed by atoms with E-state index >= 15 is 0 Å². The van der Waals surface area contributed by atoms with Crippen LogP contribution in [-0.4, -0.2) is 37.4 Å². The summed E-state index contributed by atoms with van der Waals surface area (Å²) < 4.78 is 5.54. The number of carbonyl (C=O) groups excluding carboxylic acids is 3. The van der Waals surface area contributed by atoms with E-state index in [0.29, 0.717) is 17.0 Å². The van der Waals surface area contributed by atoms with Crippen molar-refractivity contribution in [2.75, 3.05) is 25.0 Å². The highest BCUT2D eigenvalue weighted by Crippen LogP contribution is 2.20. The number of amides is 3. The van der Waals surface area contributed by atoms with Gasteiger partial charge in [0, 0.05) is 31.3 Å². The van der Waals surface area contributed by atoms with E-state index in [0.717, 1.165) is 11.1 Å². The lowest BCUT2D eigenvalue weighted by Gasteiger charge is -2.11. The van der Waals surface area contributed by atoms with Gasteiger partial charge in [-0.1, -0.05) is 18.2 Å². The number of benzene rings is 2. The zero-order valence-electron chi connectivity index (χ0n) is 16.3. The quantitative estimate of drug-likeness (QED) is 0.609. The second-order valence-electron chi connectivity index (χ2n) is 6.35. The van der Waals surface area contributed by atoms with Crippen LogP contribution in [0.15, 0.2) is 42.5 Å². The van der Waals surface area contributed by atoms with Gasteiger partial charge in [-0.05, 0) is 49.2 Å². The van der Waals surface area contributed by atoms with Crippen LogP contribution in [-0.2, 0) is 9.59 Å². The van der Waals surface area contributed by atoms with Gasteiger partial charge >= 0.3 is 0 Å². The maximum Gasteiger partial charge on any atom is 0.258 e. The molecule has 0 fully saturated rings. The zero-order valence-corrected chi connectivity index (χ0v) is 16.3. The van der Waals surface area contributed by atoms with E-state index in [1.165, 1.54) is 6.92 Å². The Hall–Kier alpha value is -3.35. The third kappa shape index (κ3) is 6.42. The van der Waals surface area contributed by atoms with E-state index < -0.39 is 0 Å². The van der Waals surface area contributed by atoms with Crippen molar-refractivity contribution < 1.29 is 19.1 Å². The Balaban J connectivity index is 1.72. The first-order chi connectivity index (χ1) is 13.4. The highest BCUT2D eigenvalue weighted by molar-refractivity contribution is 5.96. The van der Waals surface area contributed by atoms with Crippen molar-refractivity contribution in [1.82, 2.24) is 10.6 Å². The molecule has 0 heterocycles. The summed E-state index contributed by atoms with van der Waals surface area (Å²) in [6.07, 6.45) is 0. The van der Waals surface area contributed by atoms with Crippen LogP contribution in [0.4, 0.5) is 5.69 Å². The van der Waals surface area contributed by atoms with Gasteiger partial charge in [0.1, 0.15) is 5.75 Å². The molecule has 0 radical (unpaired) electrons. The minimum Gasteiger partial charge on any atom is -0.483 e. The molecule has 3 amide bonds. The smallest absolute Gasteiger partial charge is 0.258 e. The van der Waals surface area contributed by atoms with Gasteiger partial charge in [-0.25, -0.2) is 0 Å². The van der Waals surface area contributed by atoms with Crippen LogP contribution >= 0.6 is 0 Å². The van der Waals surface area contributed by atoms with Crippen LogP contribution in [0.3, 0.4) is 0 Å². The van der Waals surface area contributed by atoms with E-state index in [-0.39, 0.29) is 37.4 Å². The van der Waals surface area contributed by atoms with Crippen molar-refractivity contribution in [3.63, 3.8) is 0 Å². The fourth-order valence-corrected chi connectivity index (χ4v) is 2.50. The molecule has 7 heteroatoms. The molecule has 0 aliphatic rings. The fraction of sp³-hybridized carbons (Fsp3) is 0.286.